The Morgan fingerprint density at radius 3 is 2.38 bits per heavy atom. The van der Waals surface area contributed by atoms with Crippen LogP contribution in [0.1, 0.15) is 34.9 Å². The van der Waals surface area contributed by atoms with Gasteiger partial charge >= 0.3 is 5.97 Å². The summed E-state index contributed by atoms with van der Waals surface area (Å²) in [5, 5.41) is 5.87. The smallest absolute Gasteiger partial charge is 0.341 e. The van der Waals surface area contributed by atoms with Crippen molar-refractivity contribution in [1.29, 1.82) is 0 Å². The van der Waals surface area contributed by atoms with Crippen molar-refractivity contribution in [1.82, 2.24) is 5.32 Å². The number of amides is 1. The van der Waals surface area contributed by atoms with E-state index in [1.807, 2.05) is 24.3 Å². The number of benzene rings is 2. The molecule has 1 atom stereocenters. The molecule has 5 nitrogen and oxygen atoms in total. The molecule has 1 saturated carbocycles. The quantitative estimate of drug-likeness (QED) is 0.802. The van der Waals surface area contributed by atoms with E-state index in [0.29, 0.717) is 16.8 Å². The first kappa shape index (κ1) is 16.1. The minimum Gasteiger partial charge on any atom is -0.444 e. The van der Waals surface area contributed by atoms with Gasteiger partial charge in [0.2, 0.25) is 6.10 Å². The van der Waals surface area contributed by atoms with Crippen LogP contribution < -0.4 is 10.6 Å². The molecule has 0 heterocycles. The number of hydrogen-bond donors (Lipinski definition) is 2. The Bertz CT molecular complexity index is 726. The molecule has 1 amide bonds. The molecule has 0 radical (unpaired) electrons. The summed E-state index contributed by atoms with van der Waals surface area (Å²) < 4.78 is 5.56. The van der Waals surface area contributed by atoms with E-state index in [1.165, 1.54) is 0 Å². The van der Waals surface area contributed by atoms with E-state index < -0.39 is 12.1 Å². The third-order valence-corrected chi connectivity index (χ3v) is 3.91. The average molecular weight is 324 g/mol. The molecule has 1 aliphatic rings. The molecular weight excluding hydrogens is 304 g/mol. The summed E-state index contributed by atoms with van der Waals surface area (Å²) in [6, 6.07) is 16.3. The summed E-state index contributed by atoms with van der Waals surface area (Å²) >= 11 is 0. The fourth-order valence-corrected chi connectivity index (χ4v) is 2.45. The maximum absolute atomic E-state index is 12.6. The van der Waals surface area contributed by atoms with Crippen molar-refractivity contribution in [3.05, 3.63) is 65.7 Å². The van der Waals surface area contributed by atoms with Crippen LogP contribution in [0, 0.1) is 0 Å². The van der Waals surface area contributed by atoms with E-state index in [9.17, 15) is 9.59 Å². The molecule has 3 rings (SSSR count). The lowest BCUT2D eigenvalue weighted by atomic mass is 10.1. The van der Waals surface area contributed by atoms with Gasteiger partial charge in [0.05, 0.1) is 5.56 Å². The first-order valence-corrected chi connectivity index (χ1v) is 8.02. The zero-order valence-corrected chi connectivity index (χ0v) is 13.5. The van der Waals surface area contributed by atoms with E-state index >= 15 is 0 Å². The summed E-state index contributed by atoms with van der Waals surface area (Å²) in [5.74, 6) is -0.807. The van der Waals surface area contributed by atoms with Crippen LogP contribution >= 0.6 is 0 Å². The second-order valence-electron chi connectivity index (χ2n) is 5.77. The molecule has 5 heteroatoms. The van der Waals surface area contributed by atoms with Crippen molar-refractivity contribution in [3.63, 3.8) is 0 Å². The molecule has 1 fully saturated rings. The summed E-state index contributed by atoms with van der Waals surface area (Å²) in [7, 11) is 1.74. The Morgan fingerprint density at radius 2 is 1.71 bits per heavy atom. The topological polar surface area (TPSA) is 67.4 Å². The van der Waals surface area contributed by atoms with Crippen LogP contribution in [0.25, 0.3) is 0 Å². The predicted octanol–water partition coefficient (Wildman–Crippen LogP) is 2.91. The van der Waals surface area contributed by atoms with Gasteiger partial charge in [0.25, 0.3) is 5.91 Å². The lowest BCUT2D eigenvalue weighted by molar-refractivity contribution is -0.130. The van der Waals surface area contributed by atoms with Gasteiger partial charge in [0.1, 0.15) is 0 Å². The fraction of sp³-hybridized carbons (Fsp3) is 0.263. The van der Waals surface area contributed by atoms with Gasteiger partial charge in [-0.1, -0.05) is 42.5 Å². The highest BCUT2D eigenvalue weighted by Gasteiger charge is 2.31. The fourth-order valence-electron chi connectivity index (χ4n) is 2.45. The zero-order chi connectivity index (χ0) is 16.9. The first-order valence-electron chi connectivity index (χ1n) is 8.02. The molecule has 0 spiro atoms. The molecule has 0 aliphatic heterocycles. The highest BCUT2D eigenvalue weighted by molar-refractivity contribution is 5.97. The van der Waals surface area contributed by atoms with Gasteiger partial charge in [0.15, 0.2) is 0 Å². The van der Waals surface area contributed by atoms with E-state index in [1.54, 1.807) is 37.4 Å². The van der Waals surface area contributed by atoms with Crippen molar-refractivity contribution >= 4 is 17.6 Å². The maximum atomic E-state index is 12.6. The average Bonchev–Trinajstić information content (AvgIpc) is 3.44. The molecule has 24 heavy (non-hydrogen) atoms. The number of para-hydroxylation sites is 1. The number of anilines is 1. The Labute approximate surface area is 141 Å². The van der Waals surface area contributed by atoms with Crippen molar-refractivity contribution in [3.8, 4) is 0 Å². The van der Waals surface area contributed by atoms with Gasteiger partial charge in [-0.2, -0.15) is 0 Å². The maximum Gasteiger partial charge on any atom is 0.341 e. The molecule has 0 saturated heterocycles. The highest BCUT2D eigenvalue weighted by Crippen LogP contribution is 2.25. The number of esters is 1. The molecule has 2 N–H and O–H groups in total. The number of nitrogens with one attached hydrogen (secondary N) is 2. The molecule has 1 unspecified atom stereocenters. The van der Waals surface area contributed by atoms with E-state index in [4.69, 9.17) is 4.74 Å². The number of hydrogen-bond acceptors (Lipinski definition) is 4. The van der Waals surface area contributed by atoms with Crippen molar-refractivity contribution in [2.75, 3.05) is 12.4 Å². The largest absolute Gasteiger partial charge is 0.444 e. The van der Waals surface area contributed by atoms with Gasteiger partial charge in [-0.25, -0.2) is 4.79 Å². The van der Waals surface area contributed by atoms with Crippen molar-refractivity contribution in [2.24, 2.45) is 0 Å². The van der Waals surface area contributed by atoms with E-state index in [0.717, 1.165) is 12.8 Å². The third kappa shape index (κ3) is 3.74. The molecule has 124 valence electrons. The monoisotopic (exact) mass is 324 g/mol. The summed E-state index contributed by atoms with van der Waals surface area (Å²) in [6.07, 6.45) is 0.998. The minimum absolute atomic E-state index is 0.201. The zero-order valence-electron chi connectivity index (χ0n) is 13.5. The SMILES string of the molecule is CNc1ccccc1C(=O)OC(C(=O)NC1CC1)c1ccccc1. The molecule has 0 bridgehead atoms. The minimum atomic E-state index is -0.954. The van der Waals surface area contributed by atoms with Crippen LogP contribution in [0.2, 0.25) is 0 Å². The summed E-state index contributed by atoms with van der Waals surface area (Å²) in [5.41, 5.74) is 1.73. The number of carbonyl (C=O) groups excluding carboxylic acids is 2. The molecule has 1 aliphatic carbocycles. The lowest BCUT2D eigenvalue weighted by Gasteiger charge is -2.19. The highest BCUT2D eigenvalue weighted by atomic mass is 16.5. The van der Waals surface area contributed by atoms with Crippen molar-refractivity contribution < 1.29 is 14.3 Å². The van der Waals surface area contributed by atoms with Crippen LogP contribution in [0.15, 0.2) is 54.6 Å². The van der Waals surface area contributed by atoms with Gasteiger partial charge < -0.3 is 15.4 Å². The Kier molecular flexibility index (Phi) is 4.79. The Balaban J connectivity index is 1.83. The van der Waals surface area contributed by atoms with Gasteiger partial charge in [0, 0.05) is 24.3 Å². The molecular formula is C19H20N2O3. The predicted molar refractivity (Wildman–Crippen MR) is 91.8 cm³/mol. The van der Waals surface area contributed by atoms with Crippen LogP contribution in [0.5, 0.6) is 0 Å². The number of carbonyl (C=O) groups is 2. The summed E-state index contributed by atoms with van der Waals surface area (Å²) in [4.78, 5) is 25.1. The van der Waals surface area contributed by atoms with Crippen LogP contribution in [-0.4, -0.2) is 25.0 Å². The normalized spacial score (nSPS) is 14.5. The van der Waals surface area contributed by atoms with E-state index in [-0.39, 0.29) is 11.9 Å². The standard InChI is InChI=1S/C19H20N2O3/c1-20-16-10-6-5-9-15(16)19(23)24-17(13-7-3-2-4-8-13)18(22)21-14-11-12-14/h2-10,14,17,20H,11-12H2,1H3,(H,21,22). The van der Waals surface area contributed by atoms with Crippen LogP contribution in [0.4, 0.5) is 5.69 Å². The second kappa shape index (κ2) is 7.17. The third-order valence-electron chi connectivity index (χ3n) is 3.91. The Morgan fingerprint density at radius 1 is 1.04 bits per heavy atom. The number of rotatable bonds is 6. The van der Waals surface area contributed by atoms with Gasteiger partial charge in [-0.3, -0.25) is 4.79 Å². The van der Waals surface area contributed by atoms with Crippen LogP contribution in [-0.2, 0) is 9.53 Å². The lowest BCUT2D eigenvalue weighted by Crippen LogP contribution is -2.33. The van der Waals surface area contributed by atoms with E-state index in [2.05, 4.69) is 10.6 Å². The molecule has 2 aromatic rings. The number of ether oxygens (including phenoxy) is 1. The molecule has 0 aromatic heterocycles. The van der Waals surface area contributed by atoms with Crippen LogP contribution in [0.3, 0.4) is 0 Å². The molecule has 2 aromatic carbocycles. The van der Waals surface area contributed by atoms with Gasteiger partial charge in [-0.05, 0) is 25.0 Å². The Hall–Kier alpha value is -2.82. The first-order chi connectivity index (χ1) is 11.7. The summed E-state index contributed by atoms with van der Waals surface area (Å²) in [6.45, 7) is 0. The second-order valence-corrected chi connectivity index (χ2v) is 5.77. The van der Waals surface area contributed by atoms with Gasteiger partial charge in [-0.15, -0.1) is 0 Å². The van der Waals surface area contributed by atoms with Crippen molar-refractivity contribution in [2.45, 2.75) is 25.0 Å².